The summed E-state index contributed by atoms with van der Waals surface area (Å²) >= 11 is 0. The first-order valence-electron chi connectivity index (χ1n) is 9.11. The molecule has 0 unspecified atom stereocenters. The number of fused-ring (bicyclic) bond motifs is 1. The van der Waals surface area contributed by atoms with Gasteiger partial charge in [0.1, 0.15) is 5.56 Å². The number of nitrogens with zero attached hydrogens (tertiary/aromatic N) is 5. The predicted octanol–water partition coefficient (Wildman–Crippen LogP) is 2.07. The molecule has 6 heteroatoms. The molecule has 4 rings (SSSR count). The van der Waals surface area contributed by atoms with Crippen LogP contribution in [0.1, 0.15) is 42.5 Å². The molecule has 2 fully saturated rings. The Morgan fingerprint density at radius 2 is 1.92 bits per heavy atom. The van der Waals surface area contributed by atoms with E-state index in [1.165, 1.54) is 38.6 Å². The molecule has 0 aromatic carbocycles. The van der Waals surface area contributed by atoms with Gasteiger partial charge in [-0.05, 0) is 24.8 Å². The summed E-state index contributed by atoms with van der Waals surface area (Å²) in [6.07, 6.45) is 12.1. The minimum atomic E-state index is 0.0565. The lowest BCUT2D eigenvalue weighted by Gasteiger charge is -2.37. The average Bonchev–Trinajstić information content (AvgIpc) is 3.07. The molecule has 0 radical (unpaired) electrons. The Morgan fingerprint density at radius 3 is 2.71 bits per heavy atom. The number of amides is 1. The van der Waals surface area contributed by atoms with Crippen molar-refractivity contribution in [3.63, 3.8) is 0 Å². The highest BCUT2D eigenvalue weighted by Crippen LogP contribution is 2.25. The monoisotopic (exact) mass is 327 g/mol. The van der Waals surface area contributed by atoms with Crippen molar-refractivity contribution < 1.29 is 4.79 Å². The molecule has 0 spiro atoms. The van der Waals surface area contributed by atoms with Crippen LogP contribution >= 0.6 is 0 Å². The number of rotatable bonds is 3. The second-order valence-corrected chi connectivity index (χ2v) is 7.04. The summed E-state index contributed by atoms with van der Waals surface area (Å²) in [5.74, 6) is 0.922. The Bertz CT molecular complexity index is 698. The summed E-state index contributed by atoms with van der Waals surface area (Å²) in [4.78, 5) is 21.6. The highest BCUT2D eigenvalue weighted by atomic mass is 16.2. The number of carbonyl (C=O) groups is 1. The van der Waals surface area contributed by atoms with Crippen molar-refractivity contribution in [1.29, 1.82) is 0 Å². The number of hydrogen-bond acceptors (Lipinski definition) is 4. The standard InChI is InChI=1S/C18H25N5O/c24-18(16-13-20-23-8-4-7-19-17(16)23)22-11-9-21(10-12-22)14-15-5-2-1-3-6-15/h4,7-8,13,15H,1-3,5-6,9-12,14H2. The zero-order valence-electron chi connectivity index (χ0n) is 14.1. The Labute approximate surface area is 142 Å². The van der Waals surface area contributed by atoms with E-state index in [1.807, 2.05) is 17.2 Å². The lowest BCUT2D eigenvalue weighted by molar-refractivity contribution is 0.0608. The highest BCUT2D eigenvalue weighted by molar-refractivity contribution is 5.99. The molecule has 1 aliphatic heterocycles. The van der Waals surface area contributed by atoms with Gasteiger partial charge in [0.2, 0.25) is 0 Å². The fourth-order valence-electron chi connectivity index (χ4n) is 4.02. The van der Waals surface area contributed by atoms with Gasteiger partial charge in [0, 0.05) is 45.1 Å². The predicted molar refractivity (Wildman–Crippen MR) is 91.9 cm³/mol. The number of piperazine rings is 1. The van der Waals surface area contributed by atoms with E-state index in [4.69, 9.17) is 0 Å². The third-order valence-corrected chi connectivity index (χ3v) is 5.41. The van der Waals surface area contributed by atoms with Gasteiger partial charge in [-0.15, -0.1) is 0 Å². The van der Waals surface area contributed by atoms with Crippen LogP contribution < -0.4 is 0 Å². The van der Waals surface area contributed by atoms with Crippen LogP contribution in [0.15, 0.2) is 24.7 Å². The maximum absolute atomic E-state index is 12.8. The zero-order chi connectivity index (χ0) is 16.4. The molecule has 2 aromatic rings. The minimum absolute atomic E-state index is 0.0565. The van der Waals surface area contributed by atoms with Crippen molar-refractivity contribution in [3.8, 4) is 0 Å². The molecule has 0 bridgehead atoms. The summed E-state index contributed by atoms with van der Waals surface area (Å²) in [5.41, 5.74) is 1.25. The number of carbonyl (C=O) groups excluding carboxylic acids is 1. The molecular weight excluding hydrogens is 302 g/mol. The quantitative estimate of drug-likeness (QED) is 0.866. The van der Waals surface area contributed by atoms with Crippen LogP contribution in [0.4, 0.5) is 0 Å². The average molecular weight is 327 g/mol. The topological polar surface area (TPSA) is 53.7 Å². The van der Waals surface area contributed by atoms with Crippen molar-refractivity contribution in [2.24, 2.45) is 5.92 Å². The molecule has 0 N–H and O–H groups in total. The van der Waals surface area contributed by atoms with Crippen molar-refractivity contribution in [1.82, 2.24) is 24.4 Å². The van der Waals surface area contributed by atoms with Gasteiger partial charge in [0.05, 0.1) is 6.20 Å². The van der Waals surface area contributed by atoms with E-state index < -0.39 is 0 Å². The Morgan fingerprint density at radius 1 is 1.12 bits per heavy atom. The third kappa shape index (κ3) is 3.15. The molecule has 128 valence electrons. The summed E-state index contributed by atoms with van der Waals surface area (Å²) in [6.45, 7) is 4.77. The number of hydrogen-bond donors (Lipinski definition) is 0. The SMILES string of the molecule is O=C(c1cnn2cccnc12)N1CCN(CC2CCCCC2)CC1. The van der Waals surface area contributed by atoms with E-state index in [1.54, 1.807) is 16.9 Å². The smallest absolute Gasteiger partial charge is 0.259 e. The second kappa shape index (κ2) is 6.89. The van der Waals surface area contributed by atoms with Crippen LogP contribution in [0.25, 0.3) is 5.65 Å². The van der Waals surface area contributed by atoms with Crippen LogP contribution in [-0.4, -0.2) is 63.0 Å². The summed E-state index contributed by atoms with van der Waals surface area (Å²) in [5, 5.41) is 4.22. The molecule has 1 aliphatic carbocycles. The van der Waals surface area contributed by atoms with Crippen molar-refractivity contribution >= 4 is 11.6 Å². The molecule has 2 aromatic heterocycles. The van der Waals surface area contributed by atoms with E-state index in [2.05, 4.69) is 15.0 Å². The van der Waals surface area contributed by atoms with Crippen molar-refractivity contribution in [2.75, 3.05) is 32.7 Å². The molecule has 24 heavy (non-hydrogen) atoms. The lowest BCUT2D eigenvalue weighted by Crippen LogP contribution is -2.49. The maximum atomic E-state index is 12.8. The Kier molecular flexibility index (Phi) is 4.47. The van der Waals surface area contributed by atoms with Gasteiger partial charge >= 0.3 is 0 Å². The molecule has 3 heterocycles. The first-order valence-corrected chi connectivity index (χ1v) is 9.11. The largest absolute Gasteiger partial charge is 0.336 e. The summed E-state index contributed by atoms with van der Waals surface area (Å²) in [6, 6.07) is 1.82. The Balaban J connectivity index is 1.36. The molecule has 1 saturated carbocycles. The second-order valence-electron chi connectivity index (χ2n) is 7.04. The van der Waals surface area contributed by atoms with E-state index in [-0.39, 0.29) is 5.91 Å². The van der Waals surface area contributed by atoms with Crippen LogP contribution in [0.2, 0.25) is 0 Å². The summed E-state index contributed by atoms with van der Waals surface area (Å²) < 4.78 is 1.66. The van der Waals surface area contributed by atoms with Gasteiger partial charge < -0.3 is 4.90 Å². The van der Waals surface area contributed by atoms with Crippen LogP contribution in [-0.2, 0) is 0 Å². The molecule has 1 saturated heterocycles. The first-order chi connectivity index (χ1) is 11.8. The molecule has 2 aliphatic rings. The Hall–Kier alpha value is -1.95. The third-order valence-electron chi connectivity index (χ3n) is 5.41. The fourth-order valence-corrected chi connectivity index (χ4v) is 4.02. The minimum Gasteiger partial charge on any atom is -0.336 e. The van der Waals surface area contributed by atoms with E-state index in [9.17, 15) is 4.79 Å². The molecule has 6 nitrogen and oxygen atoms in total. The van der Waals surface area contributed by atoms with Crippen LogP contribution in [0.3, 0.4) is 0 Å². The normalized spacial score (nSPS) is 20.6. The first kappa shape index (κ1) is 15.6. The van der Waals surface area contributed by atoms with Gasteiger partial charge in [-0.1, -0.05) is 19.3 Å². The van der Waals surface area contributed by atoms with Gasteiger partial charge in [0.25, 0.3) is 5.91 Å². The van der Waals surface area contributed by atoms with Crippen LogP contribution in [0.5, 0.6) is 0 Å². The summed E-state index contributed by atoms with van der Waals surface area (Å²) in [7, 11) is 0. The lowest BCUT2D eigenvalue weighted by atomic mass is 9.89. The highest BCUT2D eigenvalue weighted by Gasteiger charge is 2.26. The van der Waals surface area contributed by atoms with Gasteiger partial charge in [-0.2, -0.15) is 5.10 Å². The van der Waals surface area contributed by atoms with Gasteiger partial charge in [0.15, 0.2) is 5.65 Å². The van der Waals surface area contributed by atoms with Crippen molar-refractivity contribution in [2.45, 2.75) is 32.1 Å². The molecule has 0 atom stereocenters. The van der Waals surface area contributed by atoms with Crippen molar-refractivity contribution in [3.05, 3.63) is 30.2 Å². The van der Waals surface area contributed by atoms with E-state index in [0.29, 0.717) is 11.2 Å². The van der Waals surface area contributed by atoms with E-state index >= 15 is 0 Å². The van der Waals surface area contributed by atoms with E-state index in [0.717, 1.165) is 32.1 Å². The zero-order valence-corrected chi connectivity index (χ0v) is 14.1. The fraction of sp³-hybridized carbons (Fsp3) is 0.611. The number of aromatic nitrogens is 3. The molecular formula is C18H25N5O. The van der Waals surface area contributed by atoms with Crippen LogP contribution in [0, 0.1) is 5.92 Å². The maximum Gasteiger partial charge on any atom is 0.259 e. The van der Waals surface area contributed by atoms with Gasteiger partial charge in [-0.25, -0.2) is 9.50 Å². The molecule has 1 amide bonds. The van der Waals surface area contributed by atoms with Gasteiger partial charge in [-0.3, -0.25) is 9.69 Å².